The molecule has 6 heteroatoms. The van der Waals surface area contributed by atoms with E-state index < -0.39 is 17.9 Å². The second-order valence-electron chi connectivity index (χ2n) is 6.41. The van der Waals surface area contributed by atoms with E-state index >= 15 is 0 Å². The maximum Gasteiger partial charge on any atom is 0.308 e. The molecule has 0 saturated carbocycles. The van der Waals surface area contributed by atoms with Crippen LogP contribution in [-0.4, -0.2) is 47.4 Å². The molecule has 0 heterocycles. The Labute approximate surface area is 142 Å². The number of carboxylic acids is 1. The molecule has 0 aliphatic heterocycles. The molecule has 6 nitrogen and oxygen atoms in total. The molecule has 0 saturated heterocycles. The highest BCUT2D eigenvalue weighted by Gasteiger charge is 2.28. The van der Waals surface area contributed by atoms with Gasteiger partial charge in [-0.15, -0.1) is 0 Å². The third-order valence-corrected chi connectivity index (χ3v) is 3.80. The second kappa shape index (κ2) is 9.05. The smallest absolute Gasteiger partial charge is 0.308 e. The Bertz CT molecular complexity index is 572. The van der Waals surface area contributed by atoms with Crippen LogP contribution in [0.2, 0.25) is 0 Å². The molecule has 0 aromatic heterocycles. The summed E-state index contributed by atoms with van der Waals surface area (Å²) in [5.41, 5.74) is 0.873. The molecule has 2 unspecified atom stereocenters. The first kappa shape index (κ1) is 19.7. The molecule has 24 heavy (non-hydrogen) atoms. The largest absolute Gasteiger partial charge is 0.481 e. The van der Waals surface area contributed by atoms with Crippen LogP contribution in [0, 0.1) is 11.8 Å². The van der Waals surface area contributed by atoms with Crippen LogP contribution >= 0.6 is 0 Å². The van der Waals surface area contributed by atoms with Crippen molar-refractivity contribution >= 4 is 17.8 Å². The van der Waals surface area contributed by atoms with Gasteiger partial charge in [0.15, 0.2) is 0 Å². The molecule has 0 radical (unpaired) electrons. The highest BCUT2D eigenvalue weighted by atomic mass is 16.4. The van der Waals surface area contributed by atoms with Gasteiger partial charge in [0, 0.05) is 13.6 Å². The minimum atomic E-state index is -0.955. The summed E-state index contributed by atoms with van der Waals surface area (Å²) in [6.45, 7) is 5.34. The predicted octanol–water partition coefficient (Wildman–Crippen LogP) is 1.55. The van der Waals surface area contributed by atoms with E-state index in [1.54, 1.807) is 14.0 Å². The van der Waals surface area contributed by atoms with Gasteiger partial charge in [0.25, 0.3) is 0 Å². The Morgan fingerprint density at radius 3 is 2.21 bits per heavy atom. The van der Waals surface area contributed by atoms with Crippen molar-refractivity contribution in [3.8, 4) is 0 Å². The molecule has 0 aliphatic rings. The Balaban J connectivity index is 2.70. The third kappa shape index (κ3) is 6.02. The molecule has 2 amide bonds. The van der Waals surface area contributed by atoms with Crippen molar-refractivity contribution in [1.29, 1.82) is 0 Å². The number of likely N-dealkylation sites (N-methyl/N-ethyl adjacent to an activating group) is 1. The van der Waals surface area contributed by atoms with Crippen LogP contribution in [0.15, 0.2) is 30.3 Å². The third-order valence-electron chi connectivity index (χ3n) is 3.80. The monoisotopic (exact) mass is 334 g/mol. The summed E-state index contributed by atoms with van der Waals surface area (Å²) in [5, 5.41) is 11.7. The van der Waals surface area contributed by atoms with E-state index in [2.05, 4.69) is 5.32 Å². The molecule has 0 bridgehead atoms. The van der Waals surface area contributed by atoms with E-state index in [1.165, 1.54) is 4.90 Å². The summed E-state index contributed by atoms with van der Waals surface area (Å²) in [6.07, 6.45) is 0.201. The lowest BCUT2D eigenvalue weighted by Gasteiger charge is -2.28. The lowest BCUT2D eigenvalue weighted by molar-refractivity contribution is -0.143. The average Bonchev–Trinajstić information content (AvgIpc) is 2.52. The van der Waals surface area contributed by atoms with Crippen molar-refractivity contribution in [2.24, 2.45) is 11.8 Å². The quantitative estimate of drug-likeness (QED) is 0.755. The van der Waals surface area contributed by atoms with Crippen LogP contribution in [0.1, 0.15) is 26.3 Å². The number of carboxylic acid groups (broad SMARTS) is 1. The summed E-state index contributed by atoms with van der Waals surface area (Å²) < 4.78 is 0. The van der Waals surface area contributed by atoms with Gasteiger partial charge >= 0.3 is 5.97 Å². The minimum absolute atomic E-state index is 0.0974. The van der Waals surface area contributed by atoms with Crippen LogP contribution in [-0.2, 0) is 20.8 Å². The summed E-state index contributed by atoms with van der Waals surface area (Å²) in [4.78, 5) is 37.1. The first-order valence-corrected chi connectivity index (χ1v) is 8.03. The Kier molecular flexibility index (Phi) is 7.42. The molecule has 1 aromatic carbocycles. The zero-order valence-corrected chi connectivity index (χ0v) is 14.7. The lowest BCUT2D eigenvalue weighted by Crippen LogP contribution is -2.51. The second-order valence-corrected chi connectivity index (χ2v) is 6.41. The van der Waals surface area contributed by atoms with E-state index in [-0.39, 0.29) is 30.7 Å². The van der Waals surface area contributed by atoms with E-state index in [4.69, 9.17) is 5.11 Å². The average molecular weight is 334 g/mol. The van der Waals surface area contributed by atoms with E-state index in [1.807, 2.05) is 44.2 Å². The maximum absolute atomic E-state index is 12.5. The summed E-state index contributed by atoms with van der Waals surface area (Å²) in [6, 6.07) is 8.62. The normalized spacial score (nSPS) is 13.2. The van der Waals surface area contributed by atoms with Gasteiger partial charge in [0.2, 0.25) is 11.8 Å². The molecule has 132 valence electrons. The zero-order chi connectivity index (χ0) is 18.3. The fourth-order valence-electron chi connectivity index (χ4n) is 2.34. The summed E-state index contributed by atoms with van der Waals surface area (Å²) >= 11 is 0. The standard InChI is InChI=1S/C18H26N2O4/c1-12(2)16(17(22)20(4)11-13(3)18(23)24)19-15(21)10-14-8-6-5-7-9-14/h5-9,12-13,16H,10-11H2,1-4H3,(H,19,21)(H,23,24). The molecule has 0 fully saturated rings. The maximum atomic E-state index is 12.5. The van der Waals surface area contributed by atoms with Crippen molar-refractivity contribution in [2.75, 3.05) is 13.6 Å². The fourth-order valence-corrected chi connectivity index (χ4v) is 2.34. The zero-order valence-electron chi connectivity index (χ0n) is 14.7. The van der Waals surface area contributed by atoms with Crippen molar-refractivity contribution in [3.63, 3.8) is 0 Å². The van der Waals surface area contributed by atoms with Gasteiger partial charge < -0.3 is 15.3 Å². The molecule has 0 aliphatic carbocycles. The Morgan fingerprint density at radius 1 is 1.12 bits per heavy atom. The number of aliphatic carboxylic acids is 1. The van der Waals surface area contributed by atoms with Gasteiger partial charge in [0.05, 0.1) is 12.3 Å². The minimum Gasteiger partial charge on any atom is -0.481 e. The number of nitrogens with one attached hydrogen (secondary N) is 1. The molecule has 0 spiro atoms. The highest BCUT2D eigenvalue weighted by molar-refractivity contribution is 5.88. The number of carbonyl (C=O) groups excluding carboxylic acids is 2. The lowest BCUT2D eigenvalue weighted by atomic mass is 10.0. The van der Waals surface area contributed by atoms with Gasteiger partial charge in [0.1, 0.15) is 6.04 Å². The molecule has 1 rings (SSSR count). The molecular weight excluding hydrogens is 308 g/mol. The number of carbonyl (C=O) groups is 3. The Morgan fingerprint density at radius 2 is 1.71 bits per heavy atom. The number of hydrogen-bond donors (Lipinski definition) is 2. The van der Waals surface area contributed by atoms with Crippen LogP contribution in [0.3, 0.4) is 0 Å². The Hall–Kier alpha value is -2.37. The molecule has 2 N–H and O–H groups in total. The van der Waals surface area contributed by atoms with Crippen LogP contribution in [0.4, 0.5) is 0 Å². The molecule has 2 atom stereocenters. The highest BCUT2D eigenvalue weighted by Crippen LogP contribution is 2.09. The molecular formula is C18H26N2O4. The van der Waals surface area contributed by atoms with Gasteiger partial charge in [-0.2, -0.15) is 0 Å². The topological polar surface area (TPSA) is 86.7 Å². The first-order valence-electron chi connectivity index (χ1n) is 8.03. The van der Waals surface area contributed by atoms with Crippen molar-refractivity contribution < 1.29 is 19.5 Å². The SMILES string of the molecule is CC(CN(C)C(=O)C(NC(=O)Cc1ccccc1)C(C)C)C(=O)O. The summed E-state index contributed by atoms with van der Waals surface area (Å²) in [7, 11) is 1.56. The number of rotatable bonds is 8. The predicted molar refractivity (Wildman–Crippen MR) is 91.4 cm³/mol. The van der Waals surface area contributed by atoms with Crippen molar-refractivity contribution in [2.45, 2.75) is 33.2 Å². The fraction of sp³-hybridized carbons (Fsp3) is 0.500. The summed E-state index contributed by atoms with van der Waals surface area (Å²) in [5.74, 6) is -2.22. The molecule has 1 aromatic rings. The van der Waals surface area contributed by atoms with Crippen LogP contribution in [0.25, 0.3) is 0 Å². The number of nitrogens with zero attached hydrogens (tertiary/aromatic N) is 1. The first-order chi connectivity index (χ1) is 11.2. The van der Waals surface area contributed by atoms with E-state index in [9.17, 15) is 14.4 Å². The van der Waals surface area contributed by atoms with Gasteiger partial charge in [-0.3, -0.25) is 14.4 Å². The van der Waals surface area contributed by atoms with Crippen molar-refractivity contribution in [1.82, 2.24) is 10.2 Å². The number of benzene rings is 1. The van der Waals surface area contributed by atoms with Gasteiger partial charge in [-0.1, -0.05) is 51.1 Å². The van der Waals surface area contributed by atoms with Crippen LogP contribution in [0.5, 0.6) is 0 Å². The van der Waals surface area contributed by atoms with Gasteiger partial charge in [-0.05, 0) is 11.5 Å². The van der Waals surface area contributed by atoms with E-state index in [0.29, 0.717) is 0 Å². The van der Waals surface area contributed by atoms with Gasteiger partial charge in [-0.25, -0.2) is 0 Å². The number of amides is 2. The number of hydrogen-bond acceptors (Lipinski definition) is 3. The van der Waals surface area contributed by atoms with E-state index in [0.717, 1.165) is 5.56 Å². The van der Waals surface area contributed by atoms with Crippen LogP contribution < -0.4 is 5.32 Å². The van der Waals surface area contributed by atoms with Crippen molar-refractivity contribution in [3.05, 3.63) is 35.9 Å².